The number of hydrogen-bond acceptors (Lipinski definition) is 4. The molecular weight excluding hydrogens is 242 g/mol. The van der Waals surface area contributed by atoms with Crippen LogP contribution in [0.5, 0.6) is 0 Å². The van der Waals surface area contributed by atoms with E-state index in [-0.39, 0.29) is 5.91 Å². The van der Waals surface area contributed by atoms with Gasteiger partial charge in [-0.1, -0.05) is 6.92 Å². The quantitative estimate of drug-likeness (QED) is 0.788. The molecular formula is C13H23N5O. The van der Waals surface area contributed by atoms with E-state index in [0.29, 0.717) is 6.42 Å². The van der Waals surface area contributed by atoms with Crippen molar-refractivity contribution >= 4 is 5.91 Å². The third-order valence-electron chi connectivity index (χ3n) is 3.57. The maximum absolute atomic E-state index is 10.8. The van der Waals surface area contributed by atoms with Crippen molar-refractivity contribution in [2.45, 2.75) is 33.0 Å². The molecule has 1 aliphatic rings. The van der Waals surface area contributed by atoms with E-state index in [4.69, 9.17) is 5.73 Å². The van der Waals surface area contributed by atoms with Crippen molar-refractivity contribution in [3.05, 3.63) is 17.5 Å². The van der Waals surface area contributed by atoms with Gasteiger partial charge in [0, 0.05) is 32.6 Å². The second kappa shape index (κ2) is 6.16. The molecule has 6 nitrogen and oxygen atoms in total. The van der Waals surface area contributed by atoms with E-state index in [1.165, 1.54) is 5.69 Å². The first-order valence-electron chi connectivity index (χ1n) is 6.83. The minimum Gasteiger partial charge on any atom is -0.370 e. The zero-order valence-electron chi connectivity index (χ0n) is 11.8. The van der Waals surface area contributed by atoms with Gasteiger partial charge in [0.25, 0.3) is 0 Å². The molecule has 2 rings (SSSR count). The monoisotopic (exact) mass is 265 g/mol. The number of amides is 1. The summed E-state index contributed by atoms with van der Waals surface area (Å²) in [6.45, 7) is 7.47. The number of carbonyl (C=O) groups excluding carboxylic acids is 1. The van der Waals surface area contributed by atoms with Crippen LogP contribution in [-0.2, 0) is 24.4 Å². The molecule has 0 saturated heterocycles. The Kier molecular flexibility index (Phi) is 4.55. The van der Waals surface area contributed by atoms with Crippen LogP contribution in [0.4, 0.5) is 0 Å². The van der Waals surface area contributed by atoms with E-state index in [1.54, 1.807) is 0 Å². The maximum Gasteiger partial charge on any atom is 0.218 e. The van der Waals surface area contributed by atoms with Gasteiger partial charge in [-0.15, -0.1) is 0 Å². The Morgan fingerprint density at radius 3 is 3.00 bits per heavy atom. The average molecular weight is 265 g/mol. The molecule has 106 valence electrons. The predicted molar refractivity (Wildman–Crippen MR) is 73.3 cm³/mol. The van der Waals surface area contributed by atoms with Crippen LogP contribution in [0, 0.1) is 0 Å². The van der Waals surface area contributed by atoms with Gasteiger partial charge in [0.2, 0.25) is 5.91 Å². The lowest BCUT2D eigenvalue weighted by Gasteiger charge is -2.26. The molecule has 0 unspecified atom stereocenters. The average Bonchev–Trinajstić information content (AvgIpc) is 2.77. The number of hydrogen-bond donors (Lipinski definition) is 1. The fourth-order valence-electron chi connectivity index (χ4n) is 2.30. The standard InChI is InChI=1S/C13H23N5O/c1-3-16(2)9-11-8-12-10-17(5-4-13(14)19)6-7-18(12)15-11/h8H,3-7,9-10H2,1-2H3,(H2,14,19). The van der Waals surface area contributed by atoms with E-state index in [0.717, 1.165) is 45.0 Å². The molecule has 0 bridgehead atoms. The van der Waals surface area contributed by atoms with Gasteiger partial charge in [0.1, 0.15) is 0 Å². The Balaban J connectivity index is 1.95. The van der Waals surface area contributed by atoms with E-state index >= 15 is 0 Å². The number of carbonyl (C=O) groups is 1. The molecule has 1 amide bonds. The summed E-state index contributed by atoms with van der Waals surface area (Å²) in [7, 11) is 2.09. The van der Waals surface area contributed by atoms with Gasteiger partial charge in [-0.25, -0.2) is 0 Å². The van der Waals surface area contributed by atoms with Crippen LogP contribution in [0.3, 0.4) is 0 Å². The molecule has 0 spiro atoms. The van der Waals surface area contributed by atoms with Crippen LogP contribution in [0.1, 0.15) is 24.7 Å². The minimum atomic E-state index is -0.232. The lowest BCUT2D eigenvalue weighted by molar-refractivity contribution is -0.118. The number of primary amides is 1. The highest BCUT2D eigenvalue weighted by molar-refractivity contribution is 5.73. The first-order chi connectivity index (χ1) is 9.08. The molecule has 1 aromatic rings. The van der Waals surface area contributed by atoms with Crippen LogP contribution in [0.2, 0.25) is 0 Å². The van der Waals surface area contributed by atoms with Crippen molar-refractivity contribution in [2.24, 2.45) is 5.73 Å². The Morgan fingerprint density at radius 2 is 2.32 bits per heavy atom. The summed E-state index contributed by atoms with van der Waals surface area (Å²) in [6.07, 6.45) is 0.430. The third-order valence-corrected chi connectivity index (χ3v) is 3.57. The van der Waals surface area contributed by atoms with Gasteiger partial charge >= 0.3 is 0 Å². The van der Waals surface area contributed by atoms with Gasteiger partial charge in [0.05, 0.1) is 17.9 Å². The van der Waals surface area contributed by atoms with Crippen LogP contribution in [-0.4, -0.2) is 52.2 Å². The molecule has 2 N–H and O–H groups in total. The third kappa shape index (κ3) is 3.78. The molecule has 0 radical (unpaired) electrons. The Morgan fingerprint density at radius 1 is 1.53 bits per heavy atom. The minimum absolute atomic E-state index is 0.232. The van der Waals surface area contributed by atoms with E-state index in [9.17, 15) is 4.79 Å². The number of nitrogens with zero attached hydrogens (tertiary/aromatic N) is 4. The fourth-order valence-corrected chi connectivity index (χ4v) is 2.30. The molecule has 1 aromatic heterocycles. The van der Waals surface area contributed by atoms with Crippen molar-refractivity contribution in [2.75, 3.05) is 26.7 Å². The maximum atomic E-state index is 10.8. The SMILES string of the molecule is CCN(C)Cc1cc2n(n1)CCN(CCC(N)=O)C2. The summed E-state index contributed by atoms with van der Waals surface area (Å²) in [4.78, 5) is 15.3. The highest BCUT2D eigenvalue weighted by atomic mass is 16.1. The Labute approximate surface area is 114 Å². The summed E-state index contributed by atoms with van der Waals surface area (Å²) in [5.74, 6) is -0.232. The van der Waals surface area contributed by atoms with E-state index < -0.39 is 0 Å². The smallest absolute Gasteiger partial charge is 0.218 e. The second-order valence-corrected chi connectivity index (χ2v) is 5.17. The van der Waals surface area contributed by atoms with Gasteiger partial charge in [-0.05, 0) is 19.7 Å². The zero-order valence-corrected chi connectivity index (χ0v) is 11.8. The summed E-state index contributed by atoms with van der Waals surface area (Å²) in [6, 6.07) is 2.17. The molecule has 0 atom stereocenters. The summed E-state index contributed by atoms with van der Waals surface area (Å²) >= 11 is 0. The molecule has 0 fully saturated rings. The summed E-state index contributed by atoms with van der Waals surface area (Å²) in [5, 5.41) is 4.63. The Bertz CT molecular complexity index is 442. The molecule has 6 heteroatoms. The van der Waals surface area contributed by atoms with Crippen molar-refractivity contribution < 1.29 is 4.79 Å². The van der Waals surface area contributed by atoms with Crippen molar-refractivity contribution in [3.63, 3.8) is 0 Å². The molecule has 19 heavy (non-hydrogen) atoms. The number of fused-ring (bicyclic) bond motifs is 1. The van der Waals surface area contributed by atoms with Gasteiger partial charge in [-0.2, -0.15) is 5.10 Å². The molecule has 1 aliphatic heterocycles. The molecule has 2 heterocycles. The lowest BCUT2D eigenvalue weighted by atomic mass is 10.2. The molecule has 0 saturated carbocycles. The number of nitrogens with two attached hydrogens (primary N) is 1. The van der Waals surface area contributed by atoms with Crippen molar-refractivity contribution in [3.8, 4) is 0 Å². The highest BCUT2D eigenvalue weighted by Gasteiger charge is 2.18. The van der Waals surface area contributed by atoms with Crippen LogP contribution < -0.4 is 5.73 Å². The van der Waals surface area contributed by atoms with Crippen molar-refractivity contribution in [1.29, 1.82) is 0 Å². The van der Waals surface area contributed by atoms with Gasteiger partial charge in [0.15, 0.2) is 0 Å². The zero-order chi connectivity index (χ0) is 13.8. The number of rotatable bonds is 6. The van der Waals surface area contributed by atoms with Crippen LogP contribution >= 0.6 is 0 Å². The molecule has 0 aromatic carbocycles. The van der Waals surface area contributed by atoms with Crippen LogP contribution in [0.15, 0.2) is 6.07 Å². The highest BCUT2D eigenvalue weighted by Crippen LogP contribution is 2.14. The van der Waals surface area contributed by atoms with Gasteiger partial charge < -0.3 is 10.6 Å². The summed E-state index contributed by atoms with van der Waals surface area (Å²) in [5.41, 5.74) is 7.54. The van der Waals surface area contributed by atoms with E-state index in [2.05, 4.69) is 39.6 Å². The van der Waals surface area contributed by atoms with E-state index in [1.807, 2.05) is 0 Å². The van der Waals surface area contributed by atoms with Crippen molar-refractivity contribution in [1.82, 2.24) is 19.6 Å². The normalized spacial score (nSPS) is 15.7. The fraction of sp³-hybridized carbons (Fsp3) is 0.692. The predicted octanol–water partition coefficient (Wildman–Crippen LogP) is 0.0258. The first-order valence-corrected chi connectivity index (χ1v) is 6.83. The summed E-state index contributed by atoms with van der Waals surface area (Å²) < 4.78 is 2.08. The second-order valence-electron chi connectivity index (χ2n) is 5.17. The first kappa shape index (κ1) is 14.0. The Hall–Kier alpha value is -1.40. The topological polar surface area (TPSA) is 67.4 Å². The van der Waals surface area contributed by atoms with Gasteiger partial charge in [-0.3, -0.25) is 14.4 Å². The number of aromatic nitrogens is 2. The largest absolute Gasteiger partial charge is 0.370 e. The molecule has 0 aliphatic carbocycles. The lowest BCUT2D eigenvalue weighted by Crippen LogP contribution is -2.35. The van der Waals surface area contributed by atoms with Crippen LogP contribution in [0.25, 0.3) is 0 Å².